The maximum Gasteiger partial charge on any atom is 0.248 e. The van der Waals surface area contributed by atoms with Gasteiger partial charge in [0.15, 0.2) is 0 Å². The number of aryl methyl sites for hydroxylation is 2. The van der Waals surface area contributed by atoms with Crippen LogP contribution in [0.5, 0.6) is 0 Å². The Hall–Kier alpha value is -2.37. The third-order valence-electron chi connectivity index (χ3n) is 3.72. The van der Waals surface area contributed by atoms with Crippen LogP contribution in [0.25, 0.3) is 0 Å². The fraction of sp³-hybridized carbons (Fsp3) is 0.357. The van der Waals surface area contributed by atoms with Gasteiger partial charge in [0.05, 0.1) is 6.54 Å². The number of hydrogen-bond acceptors (Lipinski definition) is 4. The average Bonchev–Trinajstić information content (AvgIpc) is 2.84. The van der Waals surface area contributed by atoms with Gasteiger partial charge in [-0.3, -0.25) is 9.48 Å². The van der Waals surface area contributed by atoms with E-state index in [4.69, 9.17) is 5.73 Å². The summed E-state index contributed by atoms with van der Waals surface area (Å²) >= 11 is 0. The van der Waals surface area contributed by atoms with Crippen molar-refractivity contribution < 1.29 is 4.79 Å². The molecule has 0 bridgehead atoms. The van der Waals surface area contributed by atoms with Gasteiger partial charge in [-0.05, 0) is 36.6 Å². The van der Waals surface area contributed by atoms with Crippen molar-refractivity contribution in [3.05, 3.63) is 41.5 Å². The van der Waals surface area contributed by atoms with Gasteiger partial charge in [0.25, 0.3) is 0 Å². The first-order chi connectivity index (χ1) is 9.65. The number of carbonyl (C=O) groups is 1. The number of hydrogen-bond donors (Lipinski definition) is 1. The number of anilines is 1. The average molecular weight is 271 g/mol. The van der Waals surface area contributed by atoms with E-state index in [1.54, 1.807) is 17.1 Å². The molecule has 1 amide bonds. The van der Waals surface area contributed by atoms with Gasteiger partial charge in [-0.15, -0.1) is 0 Å². The number of aromatic nitrogens is 3. The second kappa shape index (κ2) is 4.96. The van der Waals surface area contributed by atoms with Crippen molar-refractivity contribution >= 4 is 11.6 Å². The van der Waals surface area contributed by atoms with E-state index in [0.29, 0.717) is 5.56 Å². The minimum Gasteiger partial charge on any atom is -0.366 e. The second-order valence-corrected chi connectivity index (χ2v) is 5.03. The summed E-state index contributed by atoms with van der Waals surface area (Å²) < 4.78 is 1.78. The van der Waals surface area contributed by atoms with Crippen molar-refractivity contribution in [1.82, 2.24) is 14.8 Å². The molecular formula is C14H17N5O. The smallest absolute Gasteiger partial charge is 0.248 e. The Bertz CT molecular complexity index is 649. The summed E-state index contributed by atoms with van der Waals surface area (Å²) in [6.07, 6.45) is 3.61. The molecule has 0 atom stereocenters. The van der Waals surface area contributed by atoms with Crippen LogP contribution < -0.4 is 10.6 Å². The summed E-state index contributed by atoms with van der Waals surface area (Å²) in [5, 5.41) is 4.09. The number of fused-ring (bicyclic) bond motifs is 1. The van der Waals surface area contributed by atoms with E-state index in [1.807, 2.05) is 19.2 Å². The monoisotopic (exact) mass is 271 g/mol. The number of amides is 1. The van der Waals surface area contributed by atoms with Crippen molar-refractivity contribution in [3.63, 3.8) is 0 Å². The van der Waals surface area contributed by atoms with Crippen LogP contribution in [0.2, 0.25) is 0 Å². The molecule has 0 unspecified atom stereocenters. The molecule has 0 radical (unpaired) electrons. The lowest BCUT2D eigenvalue weighted by molar-refractivity contribution is 0.1000. The van der Waals surface area contributed by atoms with Crippen LogP contribution >= 0.6 is 0 Å². The Labute approximate surface area is 117 Å². The van der Waals surface area contributed by atoms with Crippen LogP contribution in [0.3, 0.4) is 0 Å². The lowest BCUT2D eigenvalue weighted by Gasteiger charge is -2.31. The highest BCUT2D eigenvalue weighted by atomic mass is 16.1. The summed E-state index contributed by atoms with van der Waals surface area (Å²) in [6, 6.07) is 5.67. The first kappa shape index (κ1) is 12.7. The van der Waals surface area contributed by atoms with Crippen molar-refractivity contribution in [2.45, 2.75) is 19.4 Å². The van der Waals surface area contributed by atoms with Crippen LogP contribution in [-0.2, 0) is 20.0 Å². The first-order valence-corrected chi connectivity index (χ1v) is 6.65. The van der Waals surface area contributed by atoms with Crippen molar-refractivity contribution in [2.24, 2.45) is 12.8 Å². The molecule has 104 valence electrons. The number of primary amides is 1. The Kier molecular flexibility index (Phi) is 3.14. The minimum atomic E-state index is -0.377. The number of carbonyl (C=O) groups excluding carboxylic acids is 1. The molecule has 2 N–H and O–H groups in total. The van der Waals surface area contributed by atoms with Gasteiger partial charge >= 0.3 is 0 Å². The molecule has 1 aliphatic heterocycles. The van der Waals surface area contributed by atoms with E-state index in [0.717, 1.165) is 37.4 Å². The predicted molar refractivity (Wildman–Crippen MR) is 75.3 cm³/mol. The van der Waals surface area contributed by atoms with E-state index < -0.39 is 0 Å². The zero-order valence-electron chi connectivity index (χ0n) is 11.4. The highest BCUT2D eigenvalue weighted by Crippen LogP contribution is 2.28. The Morgan fingerprint density at radius 2 is 2.30 bits per heavy atom. The van der Waals surface area contributed by atoms with Gasteiger partial charge in [0, 0.05) is 24.8 Å². The summed E-state index contributed by atoms with van der Waals surface area (Å²) in [4.78, 5) is 17.8. The second-order valence-electron chi connectivity index (χ2n) is 5.03. The van der Waals surface area contributed by atoms with E-state index in [-0.39, 0.29) is 5.91 Å². The molecule has 3 rings (SSSR count). The normalized spacial score (nSPS) is 14.2. The summed E-state index contributed by atoms with van der Waals surface area (Å²) in [5.74, 6) is 0.551. The van der Waals surface area contributed by atoms with E-state index in [9.17, 15) is 4.79 Å². The van der Waals surface area contributed by atoms with Crippen molar-refractivity contribution in [2.75, 3.05) is 11.4 Å². The van der Waals surface area contributed by atoms with Crippen LogP contribution in [-0.4, -0.2) is 27.2 Å². The van der Waals surface area contributed by atoms with Gasteiger partial charge < -0.3 is 10.6 Å². The standard InChI is InChI=1S/C14H17N5O/c1-18-13(16-9-17-18)8-19-6-2-3-10-7-11(14(15)20)4-5-12(10)19/h4-5,7,9H,2-3,6,8H2,1H3,(H2,15,20). The lowest BCUT2D eigenvalue weighted by atomic mass is 9.99. The highest BCUT2D eigenvalue weighted by molar-refractivity contribution is 5.93. The lowest BCUT2D eigenvalue weighted by Crippen LogP contribution is -2.30. The van der Waals surface area contributed by atoms with Crippen molar-refractivity contribution in [3.8, 4) is 0 Å². The molecule has 6 heteroatoms. The fourth-order valence-corrected chi connectivity index (χ4v) is 2.63. The molecule has 0 aliphatic carbocycles. The molecule has 20 heavy (non-hydrogen) atoms. The largest absolute Gasteiger partial charge is 0.366 e. The van der Waals surface area contributed by atoms with E-state index in [2.05, 4.69) is 15.0 Å². The molecule has 0 saturated heterocycles. The zero-order valence-corrected chi connectivity index (χ0v) is 11.4. The molecule has 1 aromatic carbocycles. The van der Waals surface area contributed by atoms with Gasteiger partial charge in [-0.2, -0.15) is 5.10 Å². The molecule has 1 aromatic heterocycles. The summed E-state index contributed by atoms with van der Waals surface area (Å²) in [7, 11) is 1.89. The molecule has 2 aromatic rings. The molecule has 0 spiro atoms. The topological polar surface area (TPSA) is 77.0 Å². The SMILES string of the molecule is Cn1ncnc1CN1CCCc2cc(C(N)=O)ccc21. The first-order valence-electron chi connectivity index (χ1n) is 6.65. The summed E-state index contributed by atoms with van der Waals surface area (Å²) in [5.41, 5.74) is 8.24. The zero-order chi connectivity index (χ0) is 14.1. The molecule has 6 nitrogen and oxygen atoms in total. The van der Waals surface area contributed by atoms with Crippen LogP contribution in [0.4, 0.5) is 5.69 Å². The van der Waals surface area contributed by atoms with Crippen LogP contribution in [0, 0.1) is 0 Å². The van der Waals surface area contributed by atoms with Gasteiger partial charge in [0.1, 0.15) is 12.2 Å². The number of rotatable bonds is 3. The Morgan fingerprint density at radius 3 is 3.00 bits per heavy atom. The maximum absolute atomic E-state index is 11.3. The quantitative estimate of drug-likeness (QED) is 0.898. The summed E-state index contributed by atoms with van der Waals surface area (Å²) in [6.45, 7) is 1.70. The number of benzene rings is 1. The number of nitrogens with zero attached hydrogens (tertiary/aromatic N) is 4. The van der Waals surface area contributed by atoms with E-state index in [1.165, 1.54) is 5.56 Å². The molecule has 0 saturated carbocycles. The van der Waals surface area contributed by atoms with Crippen LogP contribution in [0.1, 0.15) is 28.2 Å². The third-order valence-corrected chi connectivity index (χ3v) is 3.72. The maximum atomic E-state index is 11.3. The molecule has 2 heterocycles. The van der Waals surface area contributed by atoms with Crippen LogP contribution in [0.15, 0.2) is 24.5 Å². The fourth-order valence-electron chi connectivity index (χ4n) is 2.63. The number of nitrogens with two attached hydrogens (primary N) is 1. The van der Waals surface area contributed by atoms with Gasteiger partial charge in [-0.1, -0.05) is 0 Å². The molecular weight excluding hydrogens is 254 g/mol. The predicted octanol–water partition coefficient (Wildman–Crippen LogP) is 0.867. The van der Waals surface area contributed by atoms with Gasteiger partial charge in [-0.25, -0.2) is 4.98 Å². The Balaban J connectivity index is 1.90. The molecule has 1 aliphatic rings. The van der Waals surface area contributed by atoms with Crippen molar-refractivity contribution in [1.29, 1.82) is 0 Å². The third kappa shape index (κ3) is 2.24. The minimum absolute atomic E-state index is 0.377. The van der Waals surface area contributed by atoms with E-state index >= 15 is 0 Å². The Morgan fingerprint density at radius 1 is 1.45 bits per heavy atom. The highest BCUT2D eigenvalue weighted by Gasteiger charge is 2.19. The van der Waals surface area contributed by atoms with Gasteiger partial charge in [0.2, 0.25) is 5.91 Å². The molecule has 0 fully saturated rings.